The van der Waals surface area contributed by atoms with E-state index in [2.05, 4.69) is 29.6 Å². The first kappa shape index (κ1) is 14.5. The molecule has 1 aromatic carbocycles. The summed E-state index contributed by atoms with van der Waals surface area (Å²) in [5.41, 5.74) is 1.31. The molecule has 0 spiro atoms. The van der Waals surface area contributed by atoms with Crippen LogP contribution in [-0.4, -0.2) is 17.8 Å². The van der Waals surface area contributed by atoms with Crippen molar-refractivity contribution in [1.29, 1.82) is 0 Å². The van der Waals surface area contributed by atoms with Crippen LogP contribution in [0.1, 0.15) is 31.2 Å². The van der Waals surface area contributed by atoms with E-state index in [4.69, 9.17) is 0 Å². The summed E-state index contributed by atoms with van der Waals surface area (Å²) < 4.78 is 0. The third kappa shape index (κ3) is 4.66. The predicted octanol–water partition coefficient (Wildman–Crippen LogP) is 2.75. The predicted molar refractivity (Wildman–Crippen MR) is 73.4 cm³/mol. The van der Waals surface area contributed by atoms with E-state index in [0.29, 0.717) is 5.92 Å². The molecule has 1 saturated carbocycles. The van der Waals surface area contributed by atoms with Crippen LogP contribution >= 0.6 is 12.4 Å². The fourth-order valence-electron chi connectivity index (χ4n) is 2.42. The highest BCUT2D eigenvalue weighted by molar-refractivity contribution is 5.85. The van der Waals surface area contributed by atoms with E-state index in [0.717, 1.165) is 19.5 Å². The Kier molecular flexibility index (Phi) is 6.56. The Morgan fingerprint density at radius 2 is 1.82 bits per heavy atom. The summed E-state index contributed by atoms with van der Waals surface area (Å²) in [6, 6.07) is 10.4. The maximum absolute atomic E-state index is 9.83. The van der Waals surface area contributed by atoms with Crippen LogP contribution in [0, 0.1) is 5.92 Å². The van der Waals surface area contributed by atoms with Gasteiger partial charge in [0.15, 0.2) is 0 Å². The van der Waals surface area contributed by atoms with Crippen molar-refractivity contribution < 1.29 is 5.11 Å². The Balaban J connectivity index is 0.00000144. The molecule has 2 rings (SSSR count). The Hall–Kier alpha value is -0.570. The molecule has 2 atom stereocenters. The van der Waals surface area contributed by atoms with Gasteiger partial charge in [0, 0.05) is 13.1 Å². The topological polar surface area (TPSA) is 32.3 Å². The van der Waals surface area contributed by atoms with E-state index >= 15 is 0 Å². The van der Waals surface area contributed by atoms with E-state index in [9.17, 15) is 5.11 Å². The first-order chi connectivity index (χ1) is 7.86. The summed E-state index contributed by atoms with van der Waals surface area (Å²) in [4.78, 5) is 0. The maximum Gasteiger partial charge on any atom is 0.0580 e. The fraction of sp³-hybridized carbons (Fsp3) is 0.571. The third-order valence-corrected chi connectivity index (χ3v) is 3.45. The molecule has 0 aromatic heterocycles. The van der Waals surface area contributed by atoms with Gasteiger partial charge in [0.2, 0.25) is 0 Å². The lowest BCUT2D eigenvalue weighted by atomic mass is 9.86. The number of halogens is 1. The van der Waals surface area contributed by atoms with Crippen LogP contribution < -0.4 is 5.32 Å². The molecule has 0 unspecified atom stereocenters. The van der Waals surface area contributed by atoms with Crippen LogP contribution in [0.25, 0.3) is 0 Å². The van der Waals surface area contributed by atoms with Gasteiger partial charge in [-0.15, -0.1) is 12.4 Å². The zero-order chi connectivity index (χ0) is 11.2. The quantitative estimate of drug-likeness (QED) is 0.867. The van der Waals surface area contributed by atoms with Crippen molar-refractivity contribution in [2.45, 2.75) is 38.3 Å². The van der Waals surface area contributed by atoms with Crippen LogP contribution in [0.5, 0.6) is 0 Å². The van der Waals surface area contributed by atoms with Gasteiger partial charge in [-0.05, 0) is 24.3 Å². The highest BCUT2D eigenvalue weighted by atomic mass is 35.5. The minimum Gasteiger partial charge on any atom is -0.393 e. The van der Waals surface area contributed by atoms with Crippen LogP contribution in [0.15, 0.2) is 30.3 Å². The van der Waals surface area contributed by atoms with E-state index in [1.54, 1.807) is 0 Å². The molecule has 0 amide bonds. The van der Waals surface area contributed by atoms with Gasteiger partial charge in [0.1, 0.15) is 0 Å². The smallest absolute Gasteiger partial charge is 0.0580 e. The largest absolute Gasteiger partial charge is 0.393 e. The highest BCUT2D eigenvalue weighted by Gasteiger charge is 2.22. The standard InChI is InChI=1S/C14H21NO.ClH/c16-14-9-5-4-8-13(14)11-15-10-12-6-2-1-3-7-12;/h1-3,6-7,13-16H,4-5,8-11H2;1H/t13-,14-;/m1./s1. The van der Waals surface area contributed by atoms with Crippen molar-refractivity contribution in [1.82, 2.24) is 5.32 Å². The number of aliphatic hydroxyl groups excluding tert-OH is 1. The van der Waals surface area contributed by atoms with E-state index in [1.807, 2.05) is 6.07 Å². The molecule has 0 aliphatic heterocycles. The lowest BCUT2D eigenvalue weighted by Crippen LogP contribution is -2.33. The second kappa shape index (κ2) is 7.70. The number of nitrogens with one attached hydrogen (secondary N) is 1. The normalized spacial score (nSPS) is 24.1. The molecular weight excluding hydrogens is 234 g/mol. The monoisotopic (exact) mass is 255 g/mol. The summed E-state index contributed by atoms with van der Waals surface area (Å²) >= 11 is 0. The van der Waals surface area contributed by atoms with E-state index in [1.165, 1.54) is 24.8 Å². The van der Waals surface area contributed by atoms with Crippen molar-refractivity contribution in [3.63, 3.8) is 0 Å². The van der Waals surface area contributed by atoms with Crippen molar-refractivity contribution in [2.75, 3.05) is 6.54 Å². The van der Waals surface area contributed by atoms with Gasteiger partial charge in [-0.2, -0.15) is 0 Å². The maximum atomic E-state index is 9.83. The Morgan fingerprint density at radius 1 is 1.12 bits per heavy atom. The molecule has 1 fully saturated rings. The SMILES string of the molecule is Cl.O[C@@H]1CCCC[C@@H]1CNCc1ccccc1. The molecular formula is C14H22ClNO. The van der Waals surface area contributed by atoms with Crippen molar-refractivity contribution >= 4 is 12.4 Å². The molecule has 3 heteroatoms. The van der Waals surface area contributed by atoms with Gasteiger partial charge in [-0.1, -0.05) is 43.2 Å². The van der Waals surface area contributed by atoms with Crippen LogP contribution in [0.2, 0.25) is 0 Å². The second-order valence-electron chi connectivity index (χ2n) is 4.73. The Bertz CT molecular complexity index is 304. The average molecular weight is 256 g/mol. The summed E-state index contributed by atoms with van der Waals surface area (Å²) in [5, 5.41) is 13.3. The van der Waals surface area contributed by atoms with Crippen molar-refractivity contribution in [2.24, 2.45) is 5.92 Å². The van der Waals surface area contributed by atoms with Gasteiger partial charge in [0.25, 0.3) is 0 Å². The first-order valence-corrected chi connectivity index (χ1v) is 6.29. The van der Waals surface area contributed by atoms with Gasteiger partial charge in [0.05, 0.1) is 6.10 Å². The zero-order valence-electron chi connectivity index (χ0n) is 10.1. The van der Waals surface area contributed by atoms with Crippen LogP contribution in [-0.2, 0) is 6.54 Å². The summed E-state index contributed by atoms with van der Waals surface area (Å²) in [7, 11) is 0. The molecule has 17 heavy (non-hydrogen) atoms. The molecule has 0 radical (unpaired) electrons. The number of hydrogen-bond acceptors (Lipinski definition) is 2. The molecule has 0 saturated heterocycles. The van der Waals surface area contributed by atoms with Gasteiger partial charge in [-0.3, -0.25) is 0 Å². The molecule has 0 heterocycles. The van der Waals surface area contributed by atoms with E-state index in [-0.39, 0.29) is 18.5 Å². The van der Waals surface area contributed by atoms with Gasteiger partial charge >= 0.3 is 0 Å². The summed E-state index contributed by atoms with van der Waals surface area (Å²) in [6.45, 7) is 1.85. The minimum absolute atomic E-state index is 0. The molecule has 1 aliphatic carbocycles. The molecule has 2 nitrogen and oxygen atoms in total. The molecule has 0 bridgehead atoms. The van der Waals surface area contributed by atoms with Gasteiger partial charge in [-0.25, -0.2) is 0 Å². The second-order valence-corrected chi connectivity index (χ2v) is 4.73. The fourth-order valence-corrected chi connectivity index (χ4v) is 2.42. The molecule has 96 valence electrons. The van der Waals surface area contributed by atoms with Crippen LogP contribution in [0.3, 0.4) is 0 Å². The number of hydrogen-bond donors (Lipinski definition) is 2. The number of aliphatic hydroxyl groups is 1. The van der Waals surface area contributed by atoms with Crippen LogP contribution in [0.4, 0.5) is 0 Å². The molecule has 2 N–H and O–H groups in total. The van der Waals surface area contributed by atoms with Crippen molar-refractivity contribution in [3.8, 4) is 0 Å². The van der Waals surface area contributed by atoms with Crippen molar-refractivity contribution in [3.05, 3.63) is 35.9 Å². The Morgan fingerprint density at radius 3 is 2.53 bits per heavy atom. The lowest BCUT2D eigenvalue weighted by molar-refractivity contribution is 0.0695. The summed E-state index contributed by atoms with van der Waals surface area (Å²) in [5.74, 6) is 0.456. The number of benzene rings is 1. The summed E-state index contributed by atoms with van der Waals surface area (Å²) in [6.07, 6.45) is 4.53. The number of rotatable bonds is 4. The van der Waals surface area contributed by atoms with E-state index < -0.39 is 0 Å². The molecule has 1 aliphatic rings. The molecule has 1 aromatic rings. The Labute approximate surface area is 110 Å². The lowest BCUT2D eigenvalue weighted by Gasteiger charge is -2.27. The highest BCUT2D eigenvalue weighted by Crippen LogP contribution is 2.23. The first-order valence-electron chi connectivity index (χ1n) is 6.29. The third-order valence-electron chi connectivity index (χ3n) is 3.45. The minimum atomic E-state index is -0.0861. The zero-order valence-corrected chi connectivity index (χ0v) is 11.0. The van der Waals surface area contributed by atoms with Gasteiger partial charge < -0.3 is 10.4 Å². The average Bonchev–Trinajstić information content (AvgIpc) is 2.33.